The maximum absolute atomic E-state index is 4.23. The molecule has 3 heteroatoms. The molecular formula is C17H15N3. The molecule has 0 fully saturated rings. The zero-order chi connectivity index (χ0) is 13.8. The summed E-state index contributed by atoms with van der Waals surface area (Å²) in [6.45, 7) is 0. The van der Waals surface area contributed by atoms with Crippen molar-refractivity contribution in [2.24, 2.45) is 0 Å². The maximum atomic E-state index is 4.23. The van der Waals surface area contributed by atoms with E-state index in [1.54, 1.807) is 0 Å². The highest BCUT2D eigenvalue weighted by Crippen LogP contribution is 2.24. The zero-order valence-corrected chi connectivity index (χ0v) is 11.2. The first-order chi connectivity index (χ1) is 9.86. The third-order valence-electron chi connectivity index (χ3n) is 3.20. The number of hydrogen-bond acceptors (Lipinski definition) is 3. The number of nitrogens with zero attached hydrogens (tertiary/aromatic N) is 2. The smallest absolute Gasteiger partial charge is 0.222 e. The molecule has 3 nitrogen and oxygen atoms in total. The quantitative estimate of drug-likeness (QED) is 0.778. The number of rotatable bonds is 3. The van der Waals surface area contributed by atoms with Crippen molar-refractivity contribution in [2.75, 3.05) is 12.4 Å². The second-order valence-corrected chi connectivity index (χ2v) is 4.49. The monoisotopic (exact) mass is 261 g/mol. The molecule has 1 heterocycles. The van der Waals surface area contributed by atoms with Gasteiger partial charge in [0.15, 0.2) is 0 Å². The fourth-order valence-corrected chi connectivity index (χ4v) is 2.09. The molecule has 0 saturated carbocycles. The van der Waals surface area contributed by atoms with Gasteiger partial charge in [0.05, 0.1) is 0 Å². The van der Waals surface area contributed by atoms with Crippen LogP contribution in [0, 0.1) is 0 Å². The largest absolute Gasteiger partial charge is 0.357 e. The number of aromatic nitrogens is 2. The van der Waals surface area contributed by atoms with Gasteiger partial charge in [0.25, 0.3) is 0 Å². The maximum Gasteiger partial charge on any atom is 0.222 e. The van der Waals surface area contributed by atoms with Gasteiger partial charge in [-0.1, -0.05) is 54.6 Å². The van der Waals surface area contributed by atoms with Crippen molar-refractivity contribution in [2.45, 2.75) is 0 Å². The van der Waals surface area contributed by atoms with Crippen LogP contribution >= 0.6 is 0 Å². The van der Waals surface area contributed by atoms with Crippen LogP contribution in [0.1, 0.15) is 0 Å². The van der Waals surface area contributed by atoms with Crippen molar-refractivity contribution < 1.29 is 0 Å². The van der Waals surface area contributed by atoms with Crippen molar-refractivity contribution in [1.82, 2.24) is 9.97 Å². The van der Waals surface area contributed by atoms with E-state index in [0.717, 1.165) is 11.1 Å². The van der Waals surface area contributed by atoms with Gasteiger partial charge in [0.2, 0.25) is 5.95 Å². The van der Waals surface area contributed by atoms with E-state index in [-0.39, 0.29) is 0 Å². The van der Waals surface area contributed by atoms with Gasteiger partial charge in [0.1, 0.15) is 0 Å². The third kappa shape index (κ3) is 2.52. The fraction of sp³-hybridized carbons (Fsp3) is 0.0588. The van der Waals surface area contributed by atoms with Crippen LogP contribution < -0.4 is 5.32 Å². The van der Waals surface area contributed by atoms with Crippen LogP contribution in [0.15, 0.2) is 67.0 Å². The molecule has 98 valence electrons. The first kappa shape index (κ1) is 12.4. The standard InChI is InChI=1S/C17H15N3/c1-18-17-19-11-16(12-20-17)15-9-7-14(8-10-15)13-5-3-2-4-6-13/h2-12H,1H3,(H,18,19,20). The molecule has 1 N–H and O–H groups in total. The van der Waals surface area contributed by atoms with Gasteiger partial charge in [-0.25, -0.2) is 9.97 Å². The summed E-state index contributed by atoms with van der Waals surface area (Å²) in [4.78, 5) is 8.46. The van der Waals surface area contributed by atoms with Crippen LogP contribution in [0.3, 0.4) is 0 Å². The summed E-state index contributed by atoms with van der Waals surface area (Å²) in [6.07, 6.45) is 3.66. The molecule has 0 amide bonds. The van der Waals surface area contributed by atoms with Gasteiger partial charge in [0, 0.05) is 25.0 Å². The fourth-order valence-electron chi connectivity index (χ4n) is 2.09. The molecule has 0 aliphatic heterocycles. The summed E-state index contributed by atoms with van der Waals surface area (Å²) in [7, 11) is 1.81. The molecule has 0 unspecified atom stereocenters. The summed E-state index contributed by atoms with van der Waals surface area (Å²) in [6, 6.07) is 18.8. The lowest BCUT2D eigenvalue weighted by Crippen LogP contribution is -1.95. The van der Waals surface area contributed by atoms with Gasteiger partial charge >= 0.3 is 0 Å². The Bertz CT molecular complexity index is 674. The van der Waals surface area contributed by atoms with E-state index in [1.807, 2.05) is 37.6 Å². The molecule has 1 aromatic heterocycles. The molecular weight excluding hydrogens is 246 g/mol. The van der Waals surface area contributed by atoms with E-state index in [1.165, 1.54) is 11.1 Å². The first-order valence-electron chi connectivity index (χ1n) is 6.52. The van der Waals surface area contributed by atoms with E-state index in [9.17, 15) is 0 Å². The van der Waals surface area contributed by atoms with Crippen molar-refractivity contribution in [3.63, 3.8) is 0 Å². The Morgan fingerprint density at radius 1 is 0.650 bits per heavy atom. The molecule has 0 aliphatic rings. The van der Waals surface area contributed by atoms with Crippen molar-refractivity contribution in [3.8, 4) is 22.3 Å². The second kappa shape index (κ2) is 5.53. The molecule has 0 aliphatic carbocycles. The average Bonchev–Trinajstić information content (AvgIpc) is 2.56. The lowest BCUT2D eigenvalue weighted by molar-refractivity contribution is 1.15. The highest BCUT2D eigenvalue weighted by atomic mass is 15.1. The highest BCUT2D eigenvalue weighted by molar-refractivity contribution is 5.69. The third-order valence-corrected chi connectivity index (χ3v) is 3.20. The van der Waals surface area contributed by atoms with Gasteiger partial charge < -0.3 is 5.32 Å². The van der Waals surface area contributed by atoms with E-state index >= 15 is 0 Å². The van der Waals surface area contributed by atoms with Crippen LogP contribution in [0.4, 0.5) is 5.95 Å². The van der Waals surface area contributed by atoms with E-state index in [4.69, 9.17) is 0 Å². The summed E-state index contributed by atoms with van der Waals surface area (Å²) in [5, 5.41) is 2.91. The summed E-state index contributed by atoms with van der Waals surface area (Å²) in [5.74, 6) is 0.634. The Labute approximate surface area is 118 Å². The van der Waals surface area contributed by atoms with Gasteiger partial charge in [-0.05, 0) is 16.7 Å². The van der Waals surface area contributed by atoms with Crippen LogP contribution in [0.2, 0.25) is 0 Å². The Morgan fingerprint density at radius 3 is 1.70 bits per heavy atom. The second-order valence-electron chi connectivity index (χ2n) is 4.49. The van der Waals surface area contributed by atoms with Gasteiger partial charge in [-0.3, -0.25) is 0 Å². The lowest BCUT2D eigenvalue weighted by atomic mass is 10.0. The lowest BCUT2D eigenvalue weighted by Gasteiger charge is -2.05. The molecule has 20 heavy (non-hydrogen) atoms. The average molecular weight is 261 g/mol. The Kier molecular flexibility index (Phi) is 3.42. The SMILES string of the molecule is CNc1ncc(-c2ccc(-c3ccccc3)cc2)cn1. The predicted octanol–water partition coefficient (Wildman–Crippen LogP) is 3.85. The summed E-state index contributed by atoms with van der Waals surface area (Å²) < 4.78 is 0. The summed E-state index contributed by atoms with van der Waals surface area (Å²) >= 11 is 0. The Morgan fingerprint density at radius 2 is 1.15 bits per heavy atom. The van der Waals surface area contributed by atoms with E-state index < -0.39 is 0 Å². The molecule has 3 rings (SSSR count). The minimum Gasteiger partial charge on any atom is -0.357 e. The predicted molar refractivity (Wildman–Crippen MR) is 82.5 cm³/mol. The molecule has 3 aromatic rings. The molecule has 0 radical (unpaired) electrons. The van der Waals surface area contributed by atoms with Crippen molar-refractivity contribution in [1.29, 1.82) is 0 Å². The van der Waals surface area contributed by atoms with Crippen LogP contribution in [-0.2, 0) is 0 Å². The Hall–Kier alpha value is -2.68. The van der Waals surface area contributed by atoms with E-state index in [0.29, 0.717) is 5.95 Å². The zero-order valence-electron chi connectivity index (χ0n) is 11.2. The number of anilines is 1. The van der Waals surface area contributed by atoms with Crippen LogP contribution in [0.25, 0.3) is 22.3 Å². The minimum atomic E-state index is 0.634. The van der Waals surface area contributed by atoms with Crippen molar-refractivity contribution in [3.05, 3.63) is 67.0 Å². The molecule has 0 atom stereocenters. The topological polar surface area (TPSA) is 37.8 Å². The minimum absolute atomic E-state index is 0.634. The van der Waals surface area contributed by atoms with E-state index in [2.05, 4.69) is 51.7 Å². The molecule has 0 bridgehead atoms. The number of benzene rings is 2. The first-order valence-corrected chi connectivity index (χ1v) is 6.52. The van der Waals surface area contributed by atoms with Gasteiger partial charge in [-0.15, -0.1) is 0 Å². The van der Waals surface area contributed by atoms with Crippen LogP contribution in [0.5, 0.6) is 0 Å². The molecule has 2 aromatic carbocycles. The molecule has 0 spiro atoms. The Balaban J connectivity index is 1.89. The number of nitrogens with one attached hydrogen (secondary N) is 1. The number of hydrogen-bond donors (Lipinski definition) is 1. The normalized spacial score (nSPS) is 10.2. The summed E-state index contributed by atoms with van der Waals surface area (Å²) in [5.41, 5.74) is 4.57. The van der Waals surface area contributed by atoms with Crippen LogP contribution in [-0.4, -0.2) is 17.0 Å². The van der Waals surface area contributed by atoms with Gasteiger partial charge in [-0.2, -0.15) is 0 Å². The highest BCUT2D eigenvalue weighted by Gasteiger charge is 2.01. The van der Waals surface area contributed by atoms with Crippen molar-refractivity contribution >= 4 is 5.95 Å². The molecule has 0 saturated heterocycles.